The second-order valence-electron chi connectivity index (χ2n) is 11.3. The molecule has 4 rings (SSSR count). The first-order valence-electron chi connectivity index (χ1n) is 13.7. The highest BCUT2D eigenvalue weighted by Crippen LogP contribution is 2.37. The topological polar surface area (TPSA) is 111 Å². The Morgan fingerprint density at radius 2 is 1.82 bits per heavy atom. The minimum absolute atomic E-state index is 0.129. The number of ether oxygens (including phenoxy) is 1. The number of likely N-dealkylation sites (tertiary alicyclic amines) is 2. The van der Waals surface area contributed by atoms with Gasteiger partial charge in [-0.15, -0.1) is 11.3 Å². The molecule has 3 amide bonds. The van der Waals surface area contributed by atoms with Crippen LogP contribution < -0.4 is 10.6 Å². The van der Waals surface area contributed by atoms with Crippen molar-refractivity contribution in [1.29, 1.82) is 0 Å². The Kier molecular flexibility index (Phi) is 8.98. The molecule has 3 N–H and O–H groups in total. The molecule has 0 radical (unpaired) electrons. The number of rotatable bonds is 6. The number of carbonyl (C=O) groups excluding carboxylic acids is 3. The summed E-state index contributed by atoms with van der Waals surface area (Å²) in [5, 5.41) is 17.0. The number of anilines is 1. The molecule has 3 heterocycles. The Morgan fingerprint density at radius 1 is 1.13 bits per heavy atom. The third-order valence-electron chi connectivity index (χ3n) is 7.16. The zero-order valence-corrected chi connectivity index (χ0v) is 24.1. The fourth-order valence-corrected chi connectivity index (χ4v) is 6.32. The van der Waals surface area contributed by atoms with E-state index < -0.39 is 17.3 Å². The van der Waals surface area contributed by atoms with Crippen molar-refractivity contribution >= 4 is 34.2 Å². The van der Waals surface area contributed by atoms with Gasteiger partial charge in [0.15, 0.2) is 5.60 Å². The fraction of sp³-hybridized carbons (Fsp3) is 0.552. The van der Waals surface area contributed by atoms with Crippen LogP contribution in [-0.2, 0) is 9.53 Å². The van der Waals surface area contributed by atoms with E-state index in [-0.39, 0.29) is 17.9 Å². The van der Waals surface area contributed by atoms with Gasteiger partial charge in [-0.1, -0.05) is 30.3 Å². The molecule has 1 aromatic carbocycles. The number of thiophene rings is 1. The molecule has 0 bridgehead atoms. The van der Waals surface area contributed by atoms with E-state index in [0.29, 0.717) is 43.2 Å². The summed E-state index contributed by atoms with van der Waals surface area (Å²) >= 11 is 1.36. The van der Waals surface area contributed by atoms with Crippen molar-refractivity contribution in [2.45, 2.75) is 70.6 Å². The third-order valence-corrected chi connectivity index (χ3v) is 8.26. The van der Waals surface area contributed by atoms with Gasteiger partial charge in [-0.3, -0.25) is 19.8 Å². The molecular formula is C29H40N4O5S. The van der Waals surface area contributed by atoms with E-state index in [9.17, 15) is 19.5 Å². The molecule has 1 unspecified atom stereocenters. The van der Waals surface area contributed by atoms with E-state index >= 15 is 0 Å². The first kappa shape index (κ1) is 29.0. The third kappa shape index (κ3) is 7.17. The first-order valence-corrected chi connectivity index (χ1v) is 14.5. The summed E-state index contributed by atoms with van der Waals surface area (Å²) in [5.41, 5.74) is -0.606. The van der Waals surface area contributed by atoms with Crippen molar-refractivity contribution in [2.24, 2.45) is 0 Å². The van der Waals surface area contributed by atoms with E-state index in [1.807, 2.05) is 48.2 Å². The number of aliphatic hydroxyl groups is 1. The Hall–Kier alpha value is -2.95. The Labute approximate surface area is 234 Å². The number of nitrogens with one attached hydrogen (secondary N) is 2. The molecule has 1 aromatic heterocycles. The van der Waals surface area contributed by atoms with Gasteiger partial charge in [0.1, 0.15) is 10.6 Å². The van der Waals surface area contributed by atoms with Crippen molar-refractivity contribution in [3.63, 3.8) is 0 Å². The molecule has 0 aliphatic carbocycles. The number of hydrogen-bond acceptors (Lipinski definition) is 7. The number of nitrogens with zero attached hydrogens (tertiary/aromatic N) is 2. The monoisotopic (exact) mass is 556 g/mol. The molecular weight excluding hydrogens is 516 g/mol. The van der Waals surface area contributed by atoms with Crippen LogP contribution in [0.25, 0.3) is 10.4 Å². The zero-order chi connectivity index (χ0) is 28.2. The number of likely N-dealkylation sites (N-methyl/N-ethyl adjacent to an activating group) is 1. The van der Waals surface area contributed by atoms with Gasteiger partial charge in [0, 0.05) is 37.1 Å². The summed E-state index contributed by atoms with van der Waals surface area (Å²) in [4.78, 5) is 43.7. The predicted molar refractivity (Wildman–Crippen MR) is 153 cm³/mol. The summed E-state index contributed by atoms with van der Waals surface area (Å²) in [6.45, 7) is 9.98. The van der Waals surface area contributed by atoms with Gasteiger partial charge in [0.05, 0.1) is 5.56 Å². The normalized spacial score (nSPS) is 20.9. The van der Waals surface area contributed by atoms with Gasteiger partial charge in [-0.05, 0) is 71.6 Å². The number of piperidine rings is 2. The summed E-state index contributed by atoms with van der Waals surface area (Å²) < 4.78 is 5.44. The molecule has 0 saturated carbocycles. The van der Waals surface area contributed by atoms with Crippen LogP contribution in [0, 0.1) is 0 Å². The molecule has 2 aromatic rings. The SMILES string of the molecule is CCNC(=O)C1(O)CCCN(C2CCN(C(=O)c3cc(-c4ccccc4)sc3NC(=O)OC(C)(C)C)CC2)C1. The molecule has 9 nitrogen and oxygen atoms in total. The number of amides is 3. The van der Waals surface area contributed by atoms with Crippen LogP contribution >= 0.6 is 11.3 Å². The smallest absolute Gasteiger partial charge is 0.412 e. The van der Waals surface area contributed by atoms with Gasteiger partial charge in [-0.2, -0.15) is 0 Å². The maximum atomic E-state index is 13.7. The number of benzene rings is 1. The maximum Gasteiger partial charge on any atom is 0.412 e. The van der Waals surface area contributed by atoms with Crippen molar-refractivity contribution < 1.29 is 24.2 Å². The average molecular weight is 557 g/mol. The largest absolute Gasteiger partial charge is 0.444 e. The highest BCUT2D eigenvalue weighted by Gasteiger charge is 2.42. The van der Waals surface area contributed by atoms with Crippen LogP contribution in [-0.4, -0.2) is 82.8 Å². The van der Waals surface area contributed by atoms with E-state index in [4.69, 9.17) is 4.74 Å². The van der Waals surface area contributed by atoms with Gasteiger partial charge in [-0.25, -0.2) is 4.79 Å². The Balaban J connectivity index is 1.46. The second-order valence-corrected chi connectivity index (χ2v) is 12.4. The summed E-state index contributed by atoms with van der Waals surface area (Å²) in [6, 6.07) is 11.8. The summed E-state index contributed by atoms with van der Waals surface area (Å²) in [6.07, 6.45) is 2.12. The van der Waals surface area contributed by atoms with E-state index in [1.54, 1.807) is 20.8 Å². The summed E-state index contributed by atoms with van der Waals surface area (Å²) in [5.74, 6) is -0.436. The van der Waals surface area contributed by atoms with Crippen molar-refractivity contribution in [3.05, 3.63) is 42.0 Å². The number of hydrogen-bond donors (Lipinski definition) is 3. The van der Waals surface area contributed by atoms with Gasteiger partial charge in [0.25, 0.3) is 11.8 Å². The maximum absolute atomic E-state index is 13.7. The highest BCUT2D eigenvalue weighted by molar-refractivity contribution is 7.20. The number of carbonyl (C=O) groups is 3. The van der Waals surface area contributed by atoms with E-state index in [2.05, 4.69) is 15.5 Å². The zero-order valence-electron chi connectivity index (χ0n) is 23.3. The van der Waals surface area contributed by atoms with E-state index in [1.165, 1.54) is 11.3 Å². The molecule has 2 aliphatic rings. The van der Waals surface area contributed by atoms with Crippen molar-refractivity contribution in [1.82, 2.24) is 15.1 Å². The standard InChI is InChI=1S/C29H40N4O5S/c1-5-30-26(35)29(37)14-9-15-33(19-29)21-12-16-32(17-13-21)25(34)22-18-23(20-10-7-6-8-11-20)39-24(22)31-27(36)38-28(2,3)4/h6-8,10-11,18,21,37H,5,9,12-17,19H2,1-4H3,(H,30,35)(H,31,36). The lowest BCUT2D eigenvalue weighted by Gasteiger charge is -2.44. The highest BCUT2D eigenvalue weighted by atomic mass is 32.1. The number of β-amino-alcohol motifs (C(OH)–C–C–N with tert-alkyl or cyclic N) is 1. The van der Waals surface area contributed by atoms with Crippen molar-refractivity contribution in [2.75, 3.05) is 38.0 Å². The second kappa shape index (κ2) is 12.1. The van der Waals surface area contributed by atoms with Crippen LogP contribution in [0.3, 0.4) is 0 Å². The molecule has 212 valence electrons. The molecule has 1 atom stereocenters. The average Bonchev–Trinajstić information content (AvgIpc) is 3.31. The molecule has 2 aliphatic heterocycles. The van der Waals surface area contributed by atoms with Crippen LogP contribution in [0.1, 0.15) is 63.7 Å². The van der Waals surface area contributed by atoms with Crippen LogP contribution in [0.15, 0.2) is 36.4 Å². The molecule has 0 spiro atoms. The lowest BCUT2D eigenvalue weighted by molar-refractivity contribution is -0.147. The first-order chi connectivity index (χ1) is 18.5. The predicted octanol–water partition coefficient (Wildman–Crippen LogP) is 4.33. The van der Waals surface area contributed by atoms with Gasteiger partial charge < -0.3 is 20.1 Å². The minimum Gasteiger partial charge on any atom is -0.444 e. The lowest BCUT2D eigenvalue weighted by atomic mass is 9.89. The fourth-order valence-electron chi connectivity index (χ4n) is 5.28. The molecule has 10 heteroatoms. The van der Waals surface area contributed by atoms with Crippen LogP contribution in [0.5, 0.6) is 0 Å². The van der Waals surface area contributed by atoms with Crippen LogP contribution in [0.2, 0.25) is 0 Å². The summed E-state index contributed by atoms with van der Waals surface area (Å²) in [7, 11) is 0. The molecule has 39 heavy (non-hydrogen) atoms. The van der Waals surface area contributed by atoms with Crippen molar-refractivity contribution in [3.8, 4) is 10.4 Å². The Morgan fingerprint density at radius 3 is 2.46 bits per heavy atom. The van der Waals surface area contributed by atoms with Gasteiger partial charge in [0.2, 0.25) is 0 Å². The van der Waals surface area contributed by atoms with E-state index in [0.717, 1.165) is 36.2 Å². The van der Waals surface area contributed by atoms with Crippen LogP contribution in [0.4, 0.5) is 9.80 Å². The molecule has 2 fully saturated rings. The minimum atomic E-state index is -1.37. The lowest BCUT2D eigenvalue weighted by Crippen LogP contribution is -2.60. The Bertz CT molecular complexity index is 1170. The quantitative estimate of drug-likeness (QED) is 0.489. The van der Waals surface area contributed by atoms with Gasteiger partial charge >= 0.3 is 6.09 Å². The molecule has 2 saturated heterocycles.